The van der Waals surface area contributed by atoms with Gasteiger partial charge in [0, 0.05) is 0 Å². The highest BCUT2D eigenvalue weighted by atomic mass is 14.4. The number of benzene rings is 1. The minimum absolute atomic E-state index is 0.817. The number of hydrogen-bond acceptors (Lipinski definition) is 0. The van der Waals surface area contributed by atoms with Crippen LogP contribution >= 0.6 is 0 Å². The summed E-state index contributed by atoms with van der Waals surface area (Å²) in [4.78, 5) is 0. The maximum Gasteiger partial charge on any atom is -0.0233 e. The number of fused-ring (bicyclic) bond motifs is 2. The van der Waals surface area contributed by atoms with Crippen LogP contribution in [0, 0.1) is 36.5 Å². The van der Waals surface area contributed by atoms with E-state index in [9.17, 15) is 0 Å². The van der Waals surface area contributed by atoms with Gasteiger partial charge in [-0.15, -0.1) is 6.58 Å². The highest BCUT2D eigenvalue weighted by molar-refractivity contribution is 5.33. The summed E-state index contributed by atoms with van der Waals surface area (Å²) in [5, 5.41) is 0. The van der Waals surface area contributed by atoms with Gasteiger partial charge in [0.2, 0.25) is 0 Å². The van der Waals surface area contributed by atoms with Crippen LogP contribution < -0.4 is 0 Å². The molecule has 5 atom stereocenters. The van der Waals surface area contributed by atoms with Crippen molar-refractivity contribution < 1.29 is 0 Å². The van der Waals surface area contributed by atoms with Gasteiger partial charge in [0.25, 0.3) is 0 Å². The van der Waals surface area contributed by atoms with Crippen molar-refractivity contribution in [1.29, 1.82) is 0 Å². The van der Waals surface area contributed by atoms with Gasteiger partial charge in [-0.05, 0) is 105 Å². The molecule has 3 aliphatic rings. The summed E-state index contributed by atoms with van der Waals surface area (Å²) >= 11 is 0. The van der Waals surface area contributed by atoms with Crippen LogP contribution in [0.4, 0.5) is 0 Å². The van der Waals surface area contributed by atoms with Gasteiger partial charge in [-0.1, -0.05) is 29.8 Å². The van der Waals surface area contributed by atoms with Gasteiger partial charge >= 0.3 is 0 Å². The molecule has 1 aromatic rings. The lowest BCUT2D eigenvalue weighted by molar-refractivity contribution is 0.0811. The third kappa shape index (κ3) is 3.14. The summed E-state index contributed by atoms with van der Waals surface area (Å²) in [6, 6.07) is 7.16. The topological polar surface area (TPSA) is 0 Å². The maximum atomic E-state index is 4.04. The first-order valence-electron chi connectivity index (χ1n) is 9.94. The van der Waals surface area contributed by atoms with E-state index in [-0.39, 0.29) is 0 Å². The zero-order valence-corrected chi connectivity index (χ0v) is 14.8. The highest BCUT2D eigenvalue weighted by Gasteiger charge is 2.37. The van der Waals surface area contributed by atoms with E-state index in [1.165, 1.54) is 63.4 Å². The lowest BCUT2D eigenvalue weighted by atomic mass is 9.61. The molecule has 4 rings (SSSR count). The second kappa shape index (κ2) is 6.46. The predicted octanol–water partition coefficient (Wildman–Crippen LogP) is 6.12. The average molecular weight is 309 g/mol. The van der Waals surface area contributed by atoms with Crippen molar-refractivity contribution in [3.05, 3.63) is 47.5 Å². The average Bonchev–Trinajstić information content (AvgIpc) is 2.60. The molecule has 0 nitrogen and oxygen atoms in total. The molecule has 2 fully saturated rings. The Labute approximate surface area is 142 Å². The van der Waals surface area contributed by atoms with E-state index in [1.54, 1.807) is 11.1 Å². The van der Waals surface area contributed by atoms with Crippen molar-refractivity contribution in [2.24, 2.45) is 29.6 Å². The Morgan fingerprint density at radius 3 is 2.43 bits per heavy atom. The monoisotopic (exact) mass is 308 g/mol. The van der Waals surface area contributed by atoms with Crippen LogP contribution in [0.15, 0.2) is 30.9 Å². The minimum Gasteiger partial charge on any atom is -0.103 e. The SMILES string of the molecule is C=CC1CCC2CC(C3CCc4cc(C)ccc4C3)CCC2C1. The quantitative estimate of drug-likeness (QED) is 0.577. The van der Waals surface area contributed by atoms with Gasteiger partial charge in [-0.2, -0.15) is 0 Å². The van der Waals surface area contributed by atoms with E-state index >= 15 is 0 Å². The van der Waals surface area contributed by atoms with Crippen LogP contribution in [0.5, 0.6) is 0 Å². The standard InChI is InChI=1S/C23H32/c1-3-17-5-7-21-15-23(11-9-19(21)13-17)22-10-8-18-12-16(2)4-6-20(18)14-22/h3-4,6,12,17,19,21-23H,1,5,7-11,13-15H2,2H3. The molecule has 0 aromatic heterocycles. The Hall–Kier alpha value is -1.04. The summed E-state index contributed by atoms with van der Waals surface area (Å²) in [5.41, 5.74) is 4.73. The van der Waals surface area contributed by atoms with Gasteiger partial charge < -0.3 is 0 Å². The minimum atomic E-state index is 0.817. The fourth-order valence-corrected chi connectivity index (χ4v) is 5.92. The van der Waals surface area contributed by atoms with Crippen molar-refractivity contribution in [2.45, 2.75) is 64.7 Å². The lowest BCUT2D eigenvalue weighted by Gasteiger charge is -2.44. The van der Waals surface area contributed by atoms with Crippen LogP contribution in [0.2, 0.25) is 0 Å². The van der Waals surface area contributed by atoms with Crippen LogP contribution in [-0.2, 0) is 12.8 Å². The largest absolute Gasteiger partial charge is 0.103 e. The van der Waals surface area contributed by atoms with Crippen LogP contribution in [0.1, 0.15) is 61.6 Å². The van der Waals surface area contributed by atoms with Gasteiger partial charge in [-0.25, -0.2) is 0 Å². The molecule has 0 aliphatic heterocycles. The van der Waals surface area contributed by atoms with E-state index in [4.69, 9.17) is 0 Å². The number of aryl methyl sites for hydroxylation is 2. The van der Waals surface area contributed by atoms with Gasteiger partial charge in [0.05, 0.1) is 0 Å². The van der Waals surface area contributed by atoms with Crippen LogP contribution in [0.25, 0.3) is 0 Å². The smallest absolute Gasteiger partial charge is 0.0233 e. The molecule has 0 saturated heterocycles. The van der Waals surface area contributed by atoms with E-state index in [0.29, 0.717) is 0 Å². The van der Waals surface area contributed by atoms with E-state index in [0.717, 1.165) is 29.6 Å². The number of hydrogen-bond donors (Lipinski definition) is 0. The Bertz CT molecular complexity index is 569. The fraction of sp³-hybridized carbons (Fsp3) is 0.652. The molecule has 5 unspecified atom stereocenters. The molecule has 0 heteroatoms. The molecule has 0 heterocycles. The molecule has 0 spiro atoms. The second-order valence-electron chi connectivity index (χ2n) is 8.68. The van der Waals surface area contributed by atoms with Gasteiger partial charge in [0.15, 0.2) is 0 Å². The molecule has 0 amide bonds. The number of rotatable bonds is 2. The van der Waals surface area contributed by atoms with Crippen molar-refractivity contribution >= 4 is 0 Å². The molecule has 0 radical (unpaired) electrons. The lowest BCUT2D eigenvalue weighted by Crippen LogP contribution is -2.34. The first kappa shape index (κ1) is 15.5. The Morgan fingerprint density at radius 2 is 1.61 bits per heavy atom. The zero-order chi connectivity index (χ0) is 15.8. The normalized spacial score (nSPS) is 36.8. The fourth-order valence-electron chi connectivity index (χ4n) is 5.92. The second-order valence-corrected chi connectivity index (χ2v) is 8.68. The molecular formula is C23H32. The molecule has 2 saturated carbocycles. The van der Waals surface area contributed by atoms with E-state index in [2.05, 4.69) is 37.8 Å². The third-order valence-corrected chi connectivity index (χ3v) is 7.32. The third-order valence-electron chi connectivity index (χ3n) is 7.32. The molecule has 1 aromatic carbocycles. The summed E-state index contributed by atoms with van der Waals surface area (Å²) in [6.07, 6.45) is 15.2. The maximum absolute atomic E-state index is 4.04. The Kier molecular flexibility index (Phi) is 4.35. The summed E-state index contributed by atoms with van der Waals surface area (Å²) < 4.78 is 0. The molecule has 23 heavy (non-hydrogen) atoms. The van der Waals surface area contributed by atoms with E-state index in [1.807, 2.05) is 0 Å². The molecule has 0 bridgehead atoms. The van der Waals surface area contributed by atoms with Crippen molar-refractivity contribution in [2.75, 3.05) is 0 Å². The zero-order valence-electron chi connectivity index (χ0n) is 14.8. The molecule has 3 aliphatic carbocycles. The Morgan fingerprint density at radius 1 is 0.870 bits per heavy atom. The summed E-state index contributed by atoms with van der Waals surface area (Å²) in [5.74, 6) is 4.83. The van der Waals surface area contributed by atoms with Crippen LogP contribution in [-0.4, -0.2) is 0 Å². The van der Waals surface area contributed by atoms with Crippen molar-refractivity contribution in [3.8, 4) is 0 Å². The van der Waals surface area contributed by atoms with Gasteiger partial charge in [0.1, 0.15) is 0 Å². The van der Waals surface area contributed by atoms with E-state index < -0.39 is 0 Å². The molecule has 0 N–H and O–H groups in total. The van der Waals surface area contributed by atoms with Crippen LogP contribution in [0.3, 0.4) is 0 Å². The van der Waals surface area contributed by atoms with Crippen molar-refractivity contribution in [3.63, 3.8) is 0 Å². The van der Waals surface area contributed by atoms with Gasteiger partial charge in [-0.3, -0.25) is 0 Å². The summed E-state index contributed by atoms with van der Waals surface area (Å²) in [7, 11) is 0. The molecular weight excluding hydrogens is 276 g/mol. The first-order valence-corrected chi connectivity index (χ1v) is 9.94. The van der Waals surface area contributed by atoms with Crippen molar-refractivity contribution in [1.82, 2.24) is 0 Å². The summed E-state index contributed by atoms with van der Waals surface area (Å²) in [6.45, 7) is 6.27. The molecule has 124 valence electrons. The number of allylic oxidation sites excluding steroid dienone is 1. The predicted molar refractivity (Wildman–Crippen MR) is 98.6 cm³/mol. The highest BCUT2D eigenvalue weighted by Crippen LogP contribution is 2.48. The first-order chi connectivity index (χ1) is 11.2. The Balaban J connectivity index is 1.41.